The molecule has 1 aromatic heterocycles. The highest BCUT2D eigenvalue weighted by Crippen LogP contribution is 2.22. The van der Waals surface area contributed by atoms with E-state index >= 15 is 0 Å². The number of carbonyl (C=O) groups is 1. The van der Waals surface area contributed by atoms with Crippen molar-refractivity contribution in [3.63, 3.8) is 0 Å². The summed E-state index contributed by atoms with van der Waals surface area (Å²) >= 11 is 0. The normalized spacial score (nSPS) is 15.9. The summed E-state index contributed by atoms with van der Waals surface area (Å²) in [5, 5.41) is 0. The highest BCUT2D eigenvalue weighted by Gasteiger charge is 2.26. The van der Waals surface area contributed by atoms with Crippen LogP contribution in [0.3, 0.4) is 0 Å². The number of likely N-dealkylation sites (tertiary alicyclic amines) is 1. The smallest absolute Gasteiger partial charge is 0.289 e. The van der Waals surface area contributed by atoms with Crippen LogP contribution >= 0.6 is 0 Å². The van der Waals surface area contributed by atoms with Gasteiger partial charge in [0, 0.05) is 18.7 Å². The van der Waals surface area contributed by atoms with Crippen LogP contribution in [-0.2, 0) is 15.6 Å². The van der Waals surface area contributed by atoms with Gasteiger partial charge in [-0.1, -0.05) is 31.0 Å². The molecule has 1 aliphatic rings. The van der Waals surface area contributed by atoms with E-state index < -0.39 is 9.84 Å². The zero-order chi connectivity index (χ0) is 17.0. The molecule has 0 saturated carbocycles. The molecule has 0 unspecified atom stereocenters. The third-order valence-corrected chi connectivity index (χ3v) is 5.96. The van der Waals surface area contributed by atoms with E-state index in [2.05, 4.69) is 0 Å². The quantitative estimate of drug-likeness (QED) is 0.851. The zero-order valence-corrected chi connectivity index (χ0v) is 14.3. The number of carbonyl (C=O) groups excluding carboxylic acids is 1. The van der Waals surface area contributed by atoms with Crippen LogP contribution in [0.5, 0.6) is 0 Å². The van der Waals surface area contributed by atoms with E-state index in [1.807, 2.05) is 0 Å². The first kappa shape index (κ1) is 16.8. The summed E-state index contributed by atoms with van der Waals surface area (Å²) in [4.78, 5) is 14.7. The Labute approximate surface area is 142 Å². The lowest BCUT2D eigenvalue weighted by Gasteiger charge is -2.19. The lowest BCUT2D eigenvalue weighted by molar-refractivity contribution is 0.0728. The molecule has 0 N–H and O–H groups in total. The van der Waals surface area contributed by atoms with Crippen LogP contribution in [0.1, 0.15) is 41.8 Å². The topological polar surface area (TPSA) is 67.6 Å². The second-order valence-corrected chi connectivity index (χ2v) is 8.04. The summed E-state index contributed by atoms with van der Waals surface area (Å²) in [6.07, 6.45) is 5.59. The van der Waals surface area contributed by atoms with Crippen molar-refractivity contribution < 1.29 is 17.6 Å². The highest BCUT2D eigenvalue weighted by molar-refractivity contribution is 7.90. The number of amides is 1. The predicted octanol–water partition coefficient (Wildman–Crippen LogP) is 3.27. The minimum Gasteiger partial charge on any atom is -0.459 e. The fraction of sp³-hybridized carbons (Fsp3) is 0.389. The third kappa shape index (κ3) is 3.70. The number of rotatable bonds is 4. The highest BCUT2D eigenvalue weighted by atomic mass is 32.2. The fourth-order valence-corrected chi connectivity index (χ4v) is 4.35. The van der Waals surface area contributed by atoms with Crippen LogP contribution < -0.4 is 0 Å². The van der Waals surface area contributed by atoms with Gasteiger partial charge in [0.2, 0.25) is 0 Å². The molecule has 1 fully saturated rings. The summed E-state index contributed by atoms with van der Waals surface area (Å²) in [5.74, 6) is -0.292. The van der Waals surface area contributed by atoms with Crippen molar-refractivity contribution >= 4 is 15.7 Å². The molecule has 0 bridgehead atoms. The van der Waals surface area contributed by atoms with Crippen LogP contribution in [0, 0.1) is 0 Å². The van der Waals surface area contributed by atoms with Gasteiger partial charge in [-0.3, -0.25) is 4.79 Å². The third-order valence-electron chi connectivity index (χ3n) is 4.28. The van der Waals surface area contributed by atoms with Gasteiger partial charge in [0.15, 0.2) is 15.6 Å². The number of furan rings is 1. The Morgan fingerprint density at radius 2 is 1.67 bits per heavy atom. The Balaban J connectivity index is 1.81. The Bertz CT molecular complexity index is 787. The first-order valence-corrected chi connectivity index (χ1v) is 9.86. The molecule has 1 saturated heterocycles. The van der Waals surface area contributed by atoms with Gasteiger partial charge in [0.25, 0.3) is 5.91 Å². The van der Waals surface area contributed by atoms with Crippen LogP contribution in [0.2, 0.25) is 0 Å². The molecule has 128 valence electrons. The molecule has 1 aliphatic heterocycles. The maximum atomic E-state index is 12.7. The molecule has 2 heterocycles. The average molecular weight is 347 g/mol. The zero-order valence-electron chi connectivity index (χ0n) is 13.5. The summed E-state index contributed by atoms with van der Waals surface area (Å²) in [5.41, 5.74) is 0.424. The van der Waals surface area contributed by atoms with Crippen molar-refractivity contribution in [3.8, 4) is 0 Å². The monoisotopic (exact) mass is 347 g/mol. The van der Waals surface area contributed by atoms with Crippen LogP contribution in [0.15, 0.2) is 52.0 Å². The molecule has 5 nitrogen and oxygen atoms in total. The number of nitrogens with zero attached hydrogens (tertiary/aromatic N) is 1. The van der Waals surface area contributed by atoms with Crippen molar-refractivity contribution in [1.29, 1.82) is 0 Å². The van der Waals surface area contributed by atoms with E-state index in [1.54, 1.807) is 41.3 Å². The van der Waals surface area contributed by atoms with Gasteiger partial charge in [0.05, 0.1) is 16.9 Å². The van der Waals surface area contributed by atoms with Crippen molar-refractivity contribution in [3.05, 3.63) is 54.0 Å². The number of sulfone groups is 1. The van der Waals surface area contributed by atoms with Crippen molar-refractivity contribution in [2.24, 2.45) is 0 Å². The number of hydrogen-bond acceptors (Lipinski definition) is 4. The van der Waals surface area contributed by atoms with Gasteiger partial charge in [-0.15, -0.1) is 0 Å². The predicted molar refractivity (Wildman–Crippen MR) is 90.4 cm³/mol. The lowest BCUT2D eigenvalue weighted by atomic mass is 10.2. The second kappa shape index (κ2) is 7.21. The average Bonchev–Trinajstić information content (AvgIpc) is 2.86. The van der Waals surface area contributed by atoms with E-state index in [1.165, 1.54) is 6.26 Å². The molecule has 2 aromatic rings. The summed E-state index contributed by atoms with van der Waals surface area (Å²) < 4.78 is 30.4. The molecule has 0 spiro atoms. The van der Waals surface area contributed by atoms with Gasteiger partial charge in [-0.2, -0.15) is 0 Å². The Kier molecular flexibility index (Phi) is 5.04. The summed E-state index contributed by atoms with van der Waals surface area (Å²) in [6.45, 7) is 1.40. The van der Waals surface area contributed by atoms with Gasteiger partial charge in [-0.05, 0) is 31.0 Å². The van der Waals surface area contributed by atoms with Crippen molar-refractivity contribution in [2.45, 2.75) is 36.3 Å². The van der Waals surface area contributed by atoms with Crippen LogP contribution in [0.4, 0.5) is 0 Å². The van der Waals surface area contributed by atoms with Crippen molar-refractivity contribution in [2.75, 3.05) is 13.1 Å². The van der Waals surface area contributed by atoms with Gasteiger partial charge >= 0.3 is 0 Å². The minimum absolute atomic E-state index is 0.149. The molecule has 1 amide bonds. The SMILES string of the molecule is O=C(c1occc1CS(=O)(=O)c1ccccc1)N1CCCCCC1. The largest absolute Gasteiger partial charge is 0.459 e. The molecule has 0 radical (unpaired) electrons. The van der Waals surface area contributed by atoms with E-state index in [0.717, 1.165) is 25.7 Å². The van der Waals surface area contributed by atoms with E-state index in [0.29, 0.717) is 18.7 Å². The van der Waals surface area contributed by atoms with E-state index in [9.17, 15) is 13.2 Å². The molecule has 0 aliphatic carbocycles. The summed E-state index contributed by atoms with van der Waals surface area (Å²) in [6, 6.07) is 9.84. The molecule has 24 heavy (non-hydrogen) atoms. The minimum atomic E-state index is -3.51. The number of hydrogen-bond donors (Lipinski definition) is 0. The molecule has 3 rings (SSSR count). The molecule has 1 aromatic carbocycles. The van der Waals surface area contributed by atoms with Crippen LogP contribution in [0.25, 0.3) is 0 Å². The molecule has 6 heteroatoms. The first-order valence-electron chi connectivity index (χ1n) is 8.21. The molecule has 0 atom stereocenters. The Morgan fingerprint density at radius 1 is 1.00 bits per heavy atom. The standard InChI is InChI=1S/C18H21NO4S/c20-18(19-11-6-1-2-7-12-19)17-15(10-13-23-17)14-24(21,22)16-8-4-3-5-9-16/h3-5,8-10,13H,1-2,6-7,11-12,14H2. The van der Waals surface area contributed by atoms with Crippen LogP contribution in [-0.4, -0.2) is 32.3 Å². The second-order valence-electron chi connectivity index (χ2n) is 6.05. The van der Waals surface area contributed by atoms with E-state index in [4.69, 9.17) is 4.42 Å². The number of benzene rings is 1. The molecular weight excluding hydrogens is 326 g/mol. The van der Waals surface area contributed by atoms with Crippen molar-refractivity contribution in [1.82, 2.24) is 4.90 Å². The van der Waals surface area contributed by atoms with Gasteiger partial charge in [0.1, 0.15) is 0 Å². The first-order chi connectivity index (χ1) is 11.6. The van der Waals surface area contributed by atoms with Gasteiger partial charge in [-0.25, -0.2) is 8.42 Å². The molecular formula is C18H21NO4S. The van der Waals surface area contributed by atoms with E-state index in [-0.39, 0.29) is 22.3 Å². The lowest BCUT2D eigenvalue weighted by Crippen LogP contribution is -2.32. The Hall–Kier alpha value is -2.08. The fourth-order valence-electron chi connectivity index (χ4n) is 2.97. The maximum absolute atomic E-state index is 12.7. The van der Waals surface area contributed by atoms with Gasteiger partial charge < -0.3 is 9.32 Å². The maximum Gasteiger partial charge on any atom is 0.289 e. The Morgan fingerprint density at radius 3 is 2.33 bits per heavy atom. The summed E-state index contributed by atoms with van der Waals surface area (Å²) in [7, 11) is -3.51.